The maximum absolute atomic E-state index is 11.2. The van der Waals surface area contributed by atoms with Gasteiger partial charge in [-0.15, -0.1) is 0 Å². The topological polar surface area (TPSA) is 145 Å². The number of aliphatic hydroxyl groups is 1. The Hall–Kier alpha value is -2.72. The Bertz CT molecular complexity index is 675. The van der Waals surface area contributed by atoms with E-state index in [0.717, 1.165) is 0 Å². The molecule has 3 unspecified atom stereocenters. The maximum Gasteiger partial charge on any atom is 0.333 e. The number of hydrogen-bond acceptors (Lipinski definition) is 8. The first kappa shape index (κ1) is 18.6. The Morgan fingerprint density at radius 2 is 2.12 bits per heavy atom. The first-order chi connectivity index (χ1) is 11.8. The Balaban J connectivity index is 2.16. The molecule has 0 aromatic heterocycles. The minimum absolute atomic E-state index is 0.0177. The monoisotopic (exact) mass is 355 g/mol. The Morgan fingerprint density at radius 1 is 1.40 bits per heavy atom. The second-order valence-corrected chi connectivity index (χ2v) is 5.48. The van der Waals surface area contributed by atoms with Gasteiger partial charge in [0.2, 0.25) is 6.29 Å². The molecular formula is C15H17NO9. The van der Waals surface area contributed by atoms with Gasteiger partial charge in [-0.2, -0.15) is 0 Å². The third-order valence-corrected chi connectivity index (χ3v) is 3.46. The number of nitrogens with zero attached hydrogens (tertiary/aromatic N) is 1. The summed E-state index contributed by atoms with van der Waals surface area (Å²) < 4.78 is 15.4. The fraction of sp³-hybridized carbons (Fsp3) is 0.467. The van der Waals surface area contributed by atoms with Gasteiger partial charge in [-0.25, -0.2) is 4.79 Å². The van der Waals surface area contributed by atoms with E-state index in [9.17, 15) is 24.8 Å². The molecule has 10 heteroatoms. The van der Waals surface area contributed by atoms with Gasteiger partial charge >= 0.3 is 17.6 Å². The quantitative estimate of drug-likeness (QED) is 0.433. The predicted octanol–water partition coefficient (Wildman–Crippen LogP) is 0.987. The molecule has 136 valence electrons. The first-order valence-corrected chi connectivity index (χ1v) is 7.40. The lowest BCUT2D eigenvalue weighted by Crippen LogP contribution is -2.42. The van der Waals surface area contributed by atoms with Crippen LogP contribution in [0.25, 0.3) is 0 Å². The summed E-state index contributed by atoms with van der Waals surface area (Å²) in [5.41, 5.74) is 0.00227. The second-order valence-electron chi connectivity index (χ2n) is 5.48. The normalized spacial score (nSPS) is 22.9. The number of carbonyl (C=O) groups is 2. The predicted molar refractivity (Wildman–Crippen MR) is 80.7 cm³/mol. The first-order valence-electron chi connectivity index (χ1n) is 7.40. The average Bonchev–Trinajstić information content (AvgIpc) is 2.53. The highest BCUT2D eigenvalue weighted by Crippen LogP contribution is 2.31. The number of rotatable bonds is 6. The molecule has 1 saturated heterocycles. The highest BCUT2D eigenvalue weighted by Gasteiger charge is 2.35. The summed E-state index contributed by atoms with van der Waals surface area (Å²) >= 11 is 0. The number of ether oxygens (including phenoxy) is 3. The number of benzene rings is 1. The van der Waals surface area contributed by atoms with Crippen LogP contribution in [0.15, 0.2) is 18.2 Å². The van der Waals surface area contributed by atoms with Crippen molar-refractivity contribution in [3.63, 3.8) is 0 Å². The molecule has 2 N–H and O–H groups in total. The van der Waals surface area contributed by atoms with Gasteiger partial charge in [0.15, 0.2) is 11.9 Å². The van der Waals surface area contributed by atoms with E-state index in [4.69, 9.17) is 19.3 Å². The SMILES string of the molecule is CC(=O)OCc1ccc(OC2CC(O)CC(C(=O)O)O2)c([N+](=O)[O-])c1. The van der Waals surface area contributed by atoms with Gasteiger partial charge in [0.1, 0.15) is 6.61 Å². The van der Waals surface area contributed by atoms with Crippen molar-refractivity contribution in [2.75, 3.05) is 0 Å². The molecule has 0 bridgehead atoms. The van der Waals surface area contributed by atoms with E-state index >= 15 is 0 Å². The van der Waals surface area contributed by atoms with Crippen molar-refractivity contribution in [2.24, 2.45) is 0 Å². The van der Waals surface area contributed by atoms with E-state index in [1.807, 2.05) is 0 Å². The van der Waals surface area contributed by atoms with Crippen molar-refractivity contribution in [1.29, 1.82) is 0 Å². The van der Waals surface area contributed by atoms with Crippen LogP contribution in [-0.4, -0.2) is 45.6 Å². The lowest BCUT2D eigenvalue weighted by molar-refractivity contribution is -0.386. The molecule has 0 amide bonds. The number of hydrogen-bond donors (Lipinski definition) is 2. The summed E-state index contributed by atoms with van der Waals surface area (Å²) in [6.45, 7) is 1.09. The summed E-state index contributed by atoms with van der Waals surface area (Å²) in [6, 6.07) is 3.96. The Labute approximate surface area is 142 Å². The molecule has 0 saturated carbocycles. The van der Waals surface area contributed by atoms with E-state index in [2.05, 4.69) is 0 Å². The zero-order valence-corrected chi connectivity index (χ0v) is 13.3. The summed E-state index contributed by atoms with van der Waals surface area (Å²) in [4.78, 5) is 32.4. The third-order valence-electron chi connectivity index (χ3n) is 3.46. The fourth-order valence-corrected chi connectivity index (χ4v) is 2.32. The molecule has 10 nitrogen and oxygen atoms in total. The average molecular weight is 355 g/mol. The molecule has 0 spiro atoms. The summed E-state index contributed by atoms with van der Waals surface area (Å²) in [6.07, 6.45) is -3.45. The van der Waals surface area contributed by atoms with Crippen LogP contribution >= 0.6 is 0 Å². The Morgan fingerprint density at radius 3 is 2.72 bits per heavy atom. The minimum Gasteiger partial charge on any atom is -0.479 e. The molecule has 1 fully saturated rings. The number of aliphatic hydroxyl groups excluding tert-OH is 1. The number of carbonyl (C=O) groups excluding carboxylic acids is 1. The summed E-state index contributed by atoms with van der Waals surface area (Å²) in [7, 11) is 0. The minimum atomic E-state index is -1.25. The van der Waals surface area contributed by atoms with Gasteiger partial charge in [0.05, 0.1) is 11.0 Å². The smallest absolute Gasteiger partial charge is 0.333 e. The van der Waals surface area contributed by atoms with Gasteiger partial charge in [-0.1, -0.05) is 6.07 Å². The van der Waals surface area contributed by atoms with Gasteiger partial charge in [-0.05, 0) is 11.6 Å². The van der Waals surface area contributed by atoms with E-state index in [-0.39, 0.29) is 30.9 Å². The van der Waals surface area contributed by atoms with Crippen LogP contribution in [0.5, 0.6) is 5.75 Å². The molecule has 3 atom stereocenters. The second kappa shape index (κ2) is 7.90. The molecule has 1 aromatic carbocycles. The number of nitro benzene ring substituents is 1. The number of esters is 1. The van der Waals surface area contributed by atoms with Gasteiger partial charge in [0, 0.05) is 25.8 Å². The van der Waals surface area contributed by atoms with E-state index in [1.54, 1.807) is 0 Å². The molecule has 25 heavy (non-hydrogen) atoms. The molecule has 1 aromatic rings. The van der Waals surface area contributed by atoms with Crippen LogP contribution in [0, 0.1) is 10.1 Å². The molecule has 0 radical (unpaired) electrons. The lowest BCUT2D eigenvalue weighted by atomic mass is 10.1. The van der Waals surface area contributed by atoms with Gasteiger partial charge in [0.25, 0.3) is 0 Å². The van der Waals surface area contributed by atoms with Gasteiger partial charge < -0.3 is 24.4 Å². The van der Waals surface area contributed by atoms with Crippen LogP contribution in [0.4, 0.5) is 5.69 Å². The standard InChI is InChI=1S/C15H17NO9/c1-8(17)23-7-9-2-3-12(11(4-9)16(21)22)24-14-6-10(18)5-13(25-14)15(19)20/h2-4,10,13-14,18H,5-7H2,1H3,(H,19,20). The third kappa shape index (κ3) is 5.13. The molecule has 1 aliphatic rings. The van der Waals surface area contributed by atoms with Crippen molar-refractivity contribution in [3.05, 3.63) is 33.9 Å². The van der Waals surface area contributed by atoms with Crippen molar-refractivity contribution in [1.82, 2.24) is 0 Å². The van der Waals surface area contributed by atoms with Crippen LogP contribution in [0.3, 0.4) is 0 Å². The highest BCUT2D eigenvalue weighted by atomic mass is 16.7. The highest BCUT2D eigenvalue weighted by molar-refractivity contribution is 5.72. The molecule has 1 heterocycles. The number of aliphatic carboxylic acids is 1. The van der Waals surface area contributed by atoms with Crippen molar-refractivity contribution >= 4 is 17.6 Å². The molecular weight excluding hydrogens is 338 g/mol. The summed E-state index contributed by atoms with van der Waals surface area (Å²) in [5.74, 6) is -1.91. The number of nitro groups is 1. The van der Waals surface area contributed by atoms with Crippen LogP contribution in [0.2, 0.25) is 0 Å². The van der Waals surface area contributed by atoms with E-state index in [0.29, 0.717) is 5.56 Å². The van der Waals surface area contributed by atoms with Crippen LogP contribution in [0.1, 0.15) is 25.3 Å². The van der Waals surface area contributed by atoms with E-state index in [1.165, 1.54) is 25.1 Å². The maximum atomic E-state index is 11.2. The van der Waals surface area contributed by atoms with Crippen molar-refractivity contribution in [3.8, 4) is 5.75 Å². The molecule has 2 rings (SSSR count). The zero-order valence-electron chi connectivity index (χ0n) is 13.3. The van der Waals surface area contributed by atoms with E-state index < -0.39 is 35.4 Å². The van der Waals surface area contributed by atoms with Crippen molar-refractivity contribution in [2.45, 2.75) is 44.9 Å². The van der Waals surface area contributed by atoms with Crippen molar-refractivity contribution < 1.29 is 38.9 Å². The lowest BCUT2D eigenvalue weighted by Gasteiger charge is -2.30. The molecule has 0 aliphatic carbocycles. The van der Waals surface area contributed by atoms with Crippen LogP contribution in [-0.2, 0) is 25.7 Å². The van der Waals surface area contributed by atoms with Gasteiger partial charge in [-0.3, -0.25) is 14.9 Å². The Kier molecular flexibility index (Phi) is 5.88. The van der Waals surface area contributed by atoms with Crippen LogP contribution < -0.4 is 4.74 Å². The number of carboxylic acid groups (broad SMARTS) is 1. The zero-order chi connectivity index (χ0) is 18.6. The fourth-order valence-electron chi connectivity index (χ4n) is 2.32. The largest absolute Gasteiger partial charge is 0.479 e. The summed E-state index contributed by atoms with van der Waals surface area (Å²) in [5, 5.41) is 29.9. The number of carboxylic acids is 1. The molecule has 1 aliphatic heterocycles.